The molecule has 1 aromatic rings. The Morgan fingerprint density at radius 2 is 2.21 bits per heavy atom. The van der Waals surface area contributed by atoms with Crippen molar-refractivity contribution >= 4 is 23.1 Å². The van der Waals surface area contributed by atoms with Crippen LogP contribution < -0.4 is 11.1 Å². The molecule has 0 saturated heterocycles. The summed E-state index contributed by atoms with van der Waals surface area (Å²) in [7, 11) is 0. The topological polar surface area (TPSA) is 87.7 Å². The number of amidine groups is 1. The van der Waals surface area contributed by atoms with Gasteiger partial charge < -0.3 is 11.1 Å². The predicted molar refractivity (Wildman–Crippen MR) is 56.6 cm³/mol. The molecule has 6 heteroatoms. The van der Waals surface area contributed by atoms with Gasteiger partial charge in [-0.25, -0.2) is 0 Å². The molecule has 0 aliphatic heterocycles. The van der Waals surface area contributed by atoms with E-state index in [-0.39, 0.29) is 17.0 Å². The fraction of sp³-hybridized carbons (Fsp3) is 0.375. The van der Waals surface area contributed by atoms with Crippen LogP contribution in [0.5, 0.6) is 0 Å². The zero-order valence-electron chi connectivity index (χ0n) is 8.00. The molecule has 1 heterocycles. The number of hydrogen-bond donors (Lipinski definition) is 3. The number of halogens is 1. The van der Waals surface area contributed by atoms with Crippen LogP contribution in [0.25, 0.3) is 0 Å². The normalized spacial score (nSPS) is 10.3. The van der Waals surface area contributed by atoms with E-state index in [1.54, 1.807) is 0 Å². The summed E-state index contributed by atoms with van der Waals surface area (Å²) >= 11 is 5.58. The minimum absolute atomic E-state index is 0.152. The van der Waals surface area contributed by atoms with Gasteiger partial charge in [-0.3, -0.25) is 5.41 Å². The van der Waals surface area contributed by atoms with Gasteiger partial charge in [-0.15, -0.1) is 10.2 Å². The summed E-state index contributed by atoms with van der Waals surface area (Å²) in [5.41, 5.74) is 6.30. The fourth-order valence-corrected chi connectivity index (χ4v) is 1.09. The molecule has 0 unspecified atom stereocenters. The Balaban J connectivity index is 2.90. The largest absolute Gasteiger partial charge is 0.397 e. The summed E-state index contributed by atoms with van der Waals surface area (Å²) in [5.74, 6) is 0.154. The maximum Gasteiger partial charge on any atom is 0.153 e. The Bertz CT molecular complexity index is 350. The van der Waals surface area contributed by atoms with Gasteiger partial charge in [-0.2, -0.15) is 0 Å². The average Bonchev–Trinajstić information content (AvgIpc) is 2.01. The van der Waals surface area contributed by atoms with E-state index in [9.17, 15) is 0 Å². The smallest absolute Gasteiger partial charge is 0.153 e. The molecule has 14 heavy (non-hydrogen) atoms. The molecule has 0 fully saturated rings. The number of hydrogen-bond acceptors (Lipinski definition) is 4. The first-order chi connectivity index (χ1) is 6.50. The molecule has 0 atom stereocenters. The Labute approximate surface area is 87.2 Å². The average molecular weight is 214 g/mol. The lowest BCUT2D eigenvalue weighted by atomic mass is 10.3. The third-order valence-electron chi connectivity index (χ3n) is 1.46. The second kappa shape index (κ2) is 4.23. The Kier molecular flexibility index (Phi) is 3.24. The molecule has 0 saturated carbocycles. The van der Waals surface area contributed by atoms with Gasteiger partial charge in [0.1, 0.15) is 5.84 Å². The van der Waals surface area contributed by atoms with Crippen LogP contribution in [-0.4, -0.2) is 22.1 Å². The second-order valence-electron chi connectivity index (χ2n) is 3.15. The van der Waals surface area contributed by atoms with Crippen molar-refractivity contribution in [1.29, 1.82) is 5.41 Å². The molecule has 0 spiro atoms. The zero-order valence-corrected chi connectivity index (χ0v) is 8.76. The minimum atomic E-state index is 0.152. The van der Waals surface area contributed by atoms with Gasteiger partial charge in [0.15, 0.2) is 10.8 Å². The molecule has 1 aromatic heterocycles. The van der Waals surface area contributed by atoms with E-state index in [4.69, 9.17) is 22.7 Å². The van der Waals surface area contributed by atoms with Crippen LogP contribution >= 0.6 is 11.6 Å². The molecular formula is C8H12ClN5. The van der Waals surface area contributed by atoms with Crippen molar-refractivity contribution in [2.24, 2.45) is 0 Å². The molecule has 4 N–H and O–H groups in total. The van der Waals surface area contributed by atoms with Crippen LogP contribution in [0.1, 0.15) is 19.5 Å². The van der Waals surface area contributed by atoms with Crippen LogP contribution in [0.2, 0.25) is 5.15 Å². The van der Waals surface area contributed by atoms with Crippen LogP contribution in [0.3, 0.4) is 0 Å². The molecule has 0 aromatic carbocycles. The number of rotatable bonds is 2. The SMILES string of the molecule is CC(C)NC(=N)c1nnc(Cl)cc1N. The molecule has 5 nitrogen and oxygen atoms in total. The maximum absolute atomic E-state index is 7.63. The highest BCUT2D eigenvalue weighted by Gasteiger charge is 2.09. The lowest BCUT2D eigenvalue weighted by Gasteiger charge is -2.11. The highest BCUT2D eigenvalue weighted by molar-refractivity contribution is 6.29. The van der Waals surface area contributed by atoms with Gasteiger partial charge in [-0.05, 0) is 13.8 Å². The molecule has 0 aliphatic carbocycles. The Hall–Kier alpha value is -1.36. The molecule has 0 bridgehead atoms. The standard InChI is InChI=1S/C8H12ClN5/c1-4(2)12-8(11)7-5(10)3-6(9)13-14-7/h3-4H,1-2H3,(H2,10,13)(H2,11,12). The van der Waals surface area contributed by atoms with E-state index in [0.717, 1.165) is 0 Å². The fourth-order valence-electron chi connectivity index (χ4n) is 0.932. The van der Waals surface area contributed by atoms with Gasteiger partial charge in [0.05, 0.1) is 5.69 Å². The van der Waals surface area contributed by atoms with Gasteiger partial charge >= 0.3 is 0 Å². The molecule has 76 valence electrons. The summed E-state index contributed by atoms with van der Waals surface area (Å²) in [6.45, 7) is 3.85. The Morgan fingerprint density at radius 1 is 1.57 bits per heavy atom. The van der Waals surface area contributed by atoms with Crippen LogP contribution in [0.15, 0.2) is 6.07 Å². The van der Waals surface area contributed by atoms with E-state index in [0.29, 0.717) is 11.4 Å². The van der Waals surface area contributed by atoms with Crippen LogP contribution in [-0.2, 0) is 0 Å². The van der Waals surface area contributed by atoms with Crippen molar-refractivity contribution in [3.8, 4) is 0 Å². The second-order valence-corrected chi connectivity index (χ2v) is 3.53. The third kappa shape index (κ3) is 2.56. The highest BCUT2D eigenvalue weighted by Crippen LogP contribution is 2.12. The van der Waals surface area contributed by atoms with Crippen molar-refractivity contribution in [2.45, 2.75) is 19.9 Å². The van der Waals surface area contributed by atoms with Crippen molar-refractivity contribution in [1.82, 2.24) is 15.5 Å². The maximum atomic E-state index is 7.63. The monoisotopic (exact) mass is 213 g/mol. The minimum Gasteiger partial charge on any atom is -0.397 e. The zero-order chi connectivity index (χ0) is 10.7. The van der Waals surface area contributed by atoms with E-state index < -0.39 is 0 Å². The summed E-state index contributed by atoms with van der Waals surface area (Å²) in [5, 5.41) is 18.1. The Morgan fingerprint density at radius 3 is 2.71 bits per heavy atom. The van der Waals surface area contributed by atoms with Crippen molar-refractivity contribution < 1.29 is 0 Å². The van der Waals surface area contributed by atoms with Gasteiger partial charge in [0, 0.05) is 12.1 Å². The highest BCUT2D eigenvalue weighted by atomic mass is 35.5. The number of nitrogens with one attached hydrogen (secondary N) is 2. The van der Waals surface area contributed by atoms with E-state index >= 15 is 0 Å². The first kappa shape index (κ1) is 10.7. The number of anilines is 1. The van der Waals surface area contributed by atoms with Gasteiger partial charge in [0.2, 0.25) is 0 Å². The molecular weight excluding hydrogens is 202 g/mol. The summed E-state index contributed by atoms with van der Waals surface area (Å²) in [6.07, 6.45) is 0. The number of nitrogens with two attached hydrogens (primary N) is 1. The van der Waals surface area contributed by atoms with Crippen LogP contribution in [0, 0.1) is 5.41 Å². The predicted octanol–water partition coefficient (Wildman–Crippen LogP) is 1.04. The van der Waals surface area contributed by atoms with E-state index in [1.165, 1.54) is 6.07 Å². The summed E-state index contributed by atoms with van der Waals surface area (Å²) in [4.78, 5) is 0. The summed E-state index contributed by atoms with van der Waals surface area (Å²) in [6, 6.07) is 1.62. The quantitative estimate of drug-likeness (QED) is 0.506. The lowest BCUT2D eigenvalue weighted by molar-refractivity contribution is 0.727. The number of aromatic nitrogens is 2. The molecule has 1 rings (SSSR count). The van der Waals surface area contributed by atoms with Crippen molar-refractivity contribution in [3.05, 3.63) is 16.9 Å². The molecule has 0 radical (unpaired) electrons. The van der Waals surface area contributed by atoms with Gasteiger partial charge in [-0.1, -0.05) is 11.6 Å². The van der Waals surface area contributed by atoms with E-state index in [2.05, 4.69) is 15.5 Å². The van der Waals surface area contributed by atoms with Crippen molar-refractivity contribution in [2.75, 3.05) is 5.73 Å². The molecule has 0 aliphatic rings. The van der Waals surface area contributed by atoms with Crippen molar-refractivity contribution in [3.63, 3.8) is 0 Å². The summed E-state index contributed by atoms with van der Waals surface area (Å²) < 4.78 is 0. The first-order valence-corrected chi connectivity index (χ1v) is 4.52. The van der Waals surface area contributed by atoms with E-state index in [1.807, 2.05) is 13.8 Å². The molecule has 0 amide bonds. The third-order valence-corrected chi connectivity index (χ3v) is 1.65. The number of nitrogens with zero attached hydrogens (tertiary/aromatic N) is 2. The number of nitrogen functional groups attached to an aromatic ring is 1. The lowest BCUT2D eigenvalue weighted by Crippen LogP contribution is -2.31. The van der Waals surface area contributed by atoms with Crippen LogP contribution in [0.4, 0.5) is 5.69 Å². The van der Waals surface area contributed by atoms with Gasteiger partial charge in [0.25, 0.3) is 0 Å². The first-order valence-electron chi connectivity index (χ1n) is 4.15.